The van der Waals surface area contributed by atoms with Gasteiger partial charge in [0, 0.05) is 25.2 Å². The van der Waals surface area contributed by atoms with Crippen LogP contribution in [-0.4, -0.2) is 53.3 Å². The second-order valence-electron chi connectivity index (χ2n) is 8.06. The molecule has 9 heteroatoms. The van der Waals surface area contributed by atoms with E-state index in [1.165, 1.54) is 0 Å². The summed E-state index contributed by atoms with van der Waals surface area (Å²) < 4.78 is 3.77. The number of rotatable bonds is 4. The molecule has 5 aromatic rings. The molecule has 33 heavy (non-hydrogen) atoms. The maximum absolute atomic E-state index is 13.5. The van der Waals surface area contributed by atoms with E-state index in [4.69, 9.17) is 0 Å². The molecule has 1 atom stereocenters. The lowest BCUT2D eigenvalue weighted by molar-refractivity contribution is 0.0692. The van der Waals surface area contributed by atoms with Crippen molar-refractivity contribution in [1.82, 2.24) is 34.3 Å². The lowest BCUT2D eigenvalue weighted by Gasteiger charge is -2.31. The van der Waals surface area contributed by atoms with Gasteiger partial charge in [0.1, 0.15) is 5.82 Å². The molecule has 0 spiro atoms. The number of para-hydroxylation sites is 1. The Kier molecular flexibility index (Phi) is 4.95. The molecule has 5 heterocycles. The van der Waals surface area contributed by atoms with E-state index < -0.39 is 0 Å². The van der Waals surface area contributed by atoms with Crippen molar-refractivity contribution in [3.8, 4) is 16.4 Å². The van der Waals surface area contributed by atoms with Crippen LogP contribution in [0, 0.1) is 0 Å². The molecular weight excluding hydrogens is 434 g/mol. The molecule has 1 fully saturated rings. The highest BCUT2D eigenvalue weighted by atomic mass is 32.1. The number of amides is 1. The summed E-state index contributed by atoms with van der Waals surface area (Å²) in [4.78, 5) is 21.0. The molecule has 6 rings (SSSR count). The van der Waals surface area contributed by atoms with Gasteiger partial charge in [0.05, 0.1) is 10.6 Å². The molecule has 4 aromatic heterocycles. The summed E-state index contributed by atoms with van der Waals surface area (Å²) in [5.41, 5.74) is 1.69. The van der Waals surface area contributed by atoms with Gasteiger partial charge in [-0.2, -0.15) is 0 Å². The predicted octanol–water partition coefficient (Wildman–Crippen LogP) is 4.06. The Balaban J connectivity index is 1.32. The van der Waals surface area contributed by atoms with Gasteiger partial charge in [-0.05, 0) is 48.6 Å². The van der Waals surface area contributed by atoms with E-state index >= 15 is 0 Å². The van der Waals surface area contributed by atoms with Crippen LogP contribution in [0.4, 0.5) is 0 Å². The lowest BCUT2D eigenvalue weighted by Crippen LogP contribution is -2.40. The Morgan fingerprint density at radius 3 is 2.73 bits per heavy atom. The third-order valence-corrected chi connectivity index (χ3v) is 6.82. The maximum Gasteiger partial charge on any atom is 0.293 e. The van der Waals surface area contributed by atoms with Crippen molar-refractivity contribution >= 4 is 22.9 Å². The summed E-state index contributed by atoms with van der Waals surface area (Å²) >= 11 is 1.58. The van der Waals surface area contributed by atoms with Crippen LogP contribution in [0.15, 0.2) is 72.2 Å². The first-order valence-electron chi connectivity index (χ1n) is 10.9. The standard InChI is InChI=1S/C24H21N7OS/c32-24(29-13-6-8-17(16-29)22-27-26-20-12-4-5-14-30(20)22)21-25-23(19-11-7-15-33-19)31(28-21)18-9-2-1-3-10-18/h1-5,7,9-12,14-15,17H,6,8,13,16H2. The number of carbonyl (C=O) groups is 1. The maximum atomic E-state index is 13.5. The first-order valence-corrected chi connectivity index (χ1v) is 11.8. The number of carbonyl (C=O) groups excluding carboxylic acids is 1. The molecule has 0 saturated carbocycles. The van der Waals surface area contributed by atoms with Crippen molar-refractivity contribution in [2.45, 2.75) is 18.8 Å². The van der Waals surface area contributed by atoms with Gasteiger partial charge < -0.3 is 4.90 Å². The third kappa shape index (κ3) is 3.60. The fourth-order valence-corrected chi connectivity index (χ4v) is 5.07. The molecule has 1 amide bonds. The third-order valence-electron chi connectivity index (χ3n) is 5.95. The molecule has 1 aromatic carbocycles. The minimum Gasteiger partial charge on any atom is -0.335 e. The molecule has 1 aliphatic rings. The fourth-order valence-electron chi connectivity index (χ4n) is 4.37. The van der Waals surface area contributed by atoms with Gasteiger partial charge in [-0.15, -0.1) is 26.6 Å². The van der Waals surface area contributed by atoms with Gasteiger partial charge in [0.15, 0.2) is 11.5 Å². The molecule has 1 saturated heterocycles. The zero-order chi connectivity index (χ0) is 22.2. The van der Waals surface area contributed by atoms with E-state index in [1.807, 2.05) is 81.5 Å². The van der Waals surface area contributed by atoms with E-state index in [0.717, 1.165) is 34.9 Å². The van der Waals surface area contributed by atoms with E-state index in [2.05, 4.69) is 20.3 Å². The molecule has 8 nitrogen and oxygen atoms in total. The van der Waals surface area contributed by atoms with Gasteiger partial charge in [-0.3, -0.25) is 9.20 Å². The number of piperidine rings is 1. The number of benzene rings is 1. The van der Waals surface area contributed by atoms with Crippen molar-refractivity contribution in [3.05, 3.63) is 83.9 Å². The molecule has 0 radical (unpaired) electrons. The molecule has 0 aliphatic carbocycles. The van der Waals surface area contributed by atoms with Crippen molar-refractivity contribution < 1.29 is 4.79 Å². The zero-order valence-corrected chi connectivity index (χ0v) is 18.6. The number of fused-ring (bicyclic) bond motifs is 1. The topological polar surface area (TPSA) is 81.2 Å². The summed E-state index contributed by atoms with van der Waals surface area (Å²) in [5, 5.41) is 15.3. The first-order chi connectivity index (χ1) is 16.3. The highest BCUT2D eigenvalue weighted by molar-refractivity contribution is 7.13. The average molecular weight is 456 g/mol. The van der Waals surface area contributed by atoms with Crippen LogP contribution in [0.2, 0.25) is 0 Å². The summed E-state index contributed by atoms with van der Waals surface area (Å²) in [6.45, 7) is 1.25. The summed E-state index contributed by atoms with van der Waals surface area (Å²) in [5.74, 6) is 1.75. The van der Waals surface area contributed by atoms with Gasteiger partial charge in [-0.25, -0.2) is 9.67 Å². The molecule has 0 bridgehead atoms. The van der Waals surface area contributed by atoms with Gasteiger partial charge in [0.25, 0.3) is 5.91 Å². The van der Waals surface area contributed by atoms with Crippen LogP contribution in [0.1, 0.15) is 35.2 Å². The van der Waals surface area contributed by atoms with Crippen LogP contribution in [0.3, 0.4) is 0 Å². The lowest BCUT2D eigenvalue weighted by atomic mass is 9.97. The predicted molar refractivity (Wildman–Crippen MR) is 126 cm³/mol. The quantitative estimate of drug-likeness (QED) is 0.408. The van der Waals surface area contributed by atoms with E-state index in [-0.39, 0.29) is 17.6 Å². The average Bonchev–Trinajstić information content (AvgIpc) is 3.63. The molecular formula is C24H21N7OS. The van der Waals surface area contributed by atoms with E-state index in [9.17, 15) is 4.79 Å². The number of thiophene rings is 1. The van der Waals surface area contributed by atoms with Crippen molar-refractivity contribution in [1.29, 1.82) is 0 Å². The Hall–Kier alpha value is -3.85. The minimum atomic E-state index is -0.152. The highest BCUT2D eigenvalue weighted by Gasteiger charge is 2.31. The van der Waals surface area contributed by atoms with Crippen LogP contribution in [-0.2, 0) is 0 Å². The van der Waals surface area contributed by atoms with Crippen LogP contribution in [0.25, 0.3) is 22.0 Å². The second-order valence-corrected chi connectivity index (χ2v) is 9.01. The van der Waals surface area contributed by atoms with E-state index in [0.29, 0.717) is 18.9 Å². The fraction of sp³-hybridized carbons (Fsp3) is 0.208. The van der Waals surface area contributed by atoms with Gasteiger partial charge in [-0.1, -0.05) is 30.3 Å². The summed E-state index contributed by atoms with van der Waals surface area (Å²) in [6.07, 6.45) is 3.84. The number of aromatic nitrogens is 6. The Morgan fingerprint density at radius 2 is 1.88 bits per heavy atom. The van der Waals surface area contributed by atoms with Gasteiger partial charge in [0.2, 0.25) is 5.82 Å². The van der Waals surface area contributed by atoms with Crippen molar-refractivity contribution in [3.63, 3.8) is 0 Å². The SMILES string of the molecule is O=C(c1nc(-c2cccs2)n(-c2ccccc2)n1)N1CCCC(c2nnc3ccccn23)C1. The van der Waals surface area contributed by atoms with Crippen LogP contribution in [0.5, 0.6) is 0 Å². The number of nitrogens with zero attached hydrogens (tertiary/aromatic N) is 7. The Morgan fingerprint density at radius 1 is 1.00 bits per heavy atom. The first kappa shape index (κ1) is 19.8. The zero-order valence-electron chi connectivity index (χ0n) is 17.8. The largest absolute Gasteiger partial charge is 0.335 e. The Labute approximate surface area is 194 Å². The van der Waals surface area contributed by atoms with Crippen molar-refractivity contribution in [2.75, 3.05) is 13.1 Å². The van der Waals surface area contributed by atoms with Crippen LogP contribution < -0.4 is 0 Å². The van der Waals surface area contributed by atoms with Gasteiger partial charge >= 0.3 is 0 Å². The molecule has 0 N–H and O–H groups in total. The number of hydrogen-bond donors (Lipinski definition) is 0. The number of likely N-dealkylation sites (tertiary alicyclic amines) is 1. The smallest absolute Gasteiger partial charge is 0.293 e. The summed E-state index contributed by atoms with van der Waals surface area (Å²) in [7, 11) is 0. The minimum absolute atomic E-state index is 0.119. The normalized spacial score (nSPS) is 16.4. The second kappa shape index (κ2) is 8.25. The number of pyridine rings is 1. The highest BCUT2D eigenvalue weighted by Crippen LogP contribution is 2.29. The number of hydrogen-bond acceptors (Lipinski definition) is 6. The summed E-state index contributed by atoms with van der Waals surface area (Å²) in [6, 6.07) is 19.6. The van der Waals surface area contributed by atoms with E-state index in [1.54, 1.807) is 16.0 Å². The Bertz CT molecular complexity index is 1410. The molecule has 1 aliphatic heterocycles. The molecule has 1 unspecified atom stereocenters. The van der Waals surface area contributed by atoms with Crippen molar-refractivity contribution in [2.24, 2.45) is 0 Å². The molecule has 164 valence electrons. The monoisotopic (exact) mass is 455 g/mol. The van der Waals surface area contributed by atoms with Crippen LogP contribution >= 0.6 is 11.3 Å².